The van der Waals surface area contributed by atoms with Crippen LogP contribution in [0.2, 0.25) is 0 Å². The fraction of sp³-hybridized carbons (Fsp3) is 1.00. The summed E-state index contributed by atoms with van der Waals surface area (Å²) in [6.45, 7) is 7.74. The van der Waals surface area contributed by atoms with Gasteiger partial charge in [0.05, 0.1) is 0 Å². The van der Waals surface area contributed by atoms with Gasteiger partial charge in [-0.15, -0.1) is 0 Å². The molecule has 5 heteroatoms. The first-order valence-corrected chi connectivity index (χ1v) is 11.5. The summed E-state index contributed by atoms with van der Waals surface area (Å²) >= 11 is 0. The lowest BCUT2D eigenvalue weighted by atomic mass is 9.85. The lowest BCUT2D eigenvalue weighted by Gasteiger charge is -2.23. The van der Waals surface area contributed by atoms with Gasteiger partial charge in [0.15, 0.2) is 6.29 Å². The maximum absolute atomic E-state index is 8.89. The molecule has 3 unspecified atom stereocenters. The number of ether oxygens (including phenoxy) is 2. The molecule has 3 atom stereocenters. The van der Waals surface area contributed by atoms with E-state index in [0.717, 1.165) is 25.2 Å². The number of hydrogen-bond acceptors (Lipinski definition) is 3. The average molecular weight is 382 g/mol. The standard InChI is InChI=1S/C22H43N3O2/c1-4-7-8-11-14-19-17-18-21(24-25-23)20(19)15-12-9-10-13-16-22(26-5-2)27-6-3/h19-22H,4-18H2,1-3H3. The molecule has 1 saturated carbocycles. The van der Waals surface area contributed by atoms with Crippen molar-refractivity contribution in [2.24, 2.45) is 17.0 Å². The van der Waals surface area contributed by atoms with E-state index >= 15 is 0 Å². The second-order valence-electron chi connectivity index (χ2n) is 7.95. The smallest absolute Gasteiger partial charge is 0.157 e. The van der Waals surface area contributed by atoms with Crippen LogP contribution in [0.1, 0.15) is 104 Å². The summed E-state index contributed by atoms with van der Waals surface area (Å²) in [4.78, 5) is 3.12. The van der Waals surface area contributed by atoms with Crippen molar-refractivity contribution in [2.75, 3.05) is 13.2 Å². The number of azide groups is 1. The van der Waals surface area contributed by atoms with Crippen molar-refractivity contribution in [1.29, 1.82) is 0 Å². The summed E-state index contributed by atoms with van der Waals surface area (Å²) in [5, 5.41) is 4.13. The fourth-order valence-electron chi connectivity index (χ4n) is 4.59. The second-order valence-corrected chi connectivity index (χ2v) is 7.95. The van der Waals surface area contributed by atoms with Gasteiger partial charge in [0.25, 0.3) is 0 Å². The zero-order chi connectivity index (χ0) is 19.7. The topological polar surface area (TPSA) is 67.2 Å². The Morgan fingerprint density at radius 1 is 0.889 bits per heavy atom. The van der Waals surface area contributed by atoms with Crippen LogP contribution >= 0.6 is 0 Å². The van der Waals surface area contributed by atoms with E-state index in [2.05, 4.69) is 16.9 Å². The van der Waals surface area contributed by atoms with Crippen molar-refractivity contribution in [1.82, 2.24) is 0 Å². The molecule has 1 aliphatic carbocycles. The van der Waals surface area contributed by atoms with E-state index in [1.165, 1.54) is 64.2 Å². The van der Waals surface area contributed by atoms with E-state index in [1.54, 1.807) is 0 Å². The molecule has 27 heavy (non-hydrogen) atoms. The fourth-order valence-corrected chi connectivity index (χ4v) is 4.59. The Morgan fingerprint density at radius 3 is 2.22 bits per heavy atom. The van der Waals surface area contributed by atoms with Crippen molar-refractivity contribution >= 4 is 0 Å². The second kappa shape index (κ2) is 16.2. The minimum Gasteiger partial charge on any atom is -0.353 e. The van der Waals surface area contributed by atoms with Gasteiger partial charge in [0.1, 0.15) is 0 Å². The Bertz CT molecular complexity index is 393. The Morgan fingerprint density at radius 2 is 1.56 bits per heavy atom. The maximum atomic E-state index is 8.89. The van der Waals surface area contributed by atoms with Gasteiger partial charge in [-0.3, -0.25) is 0 Å². The monoisotopic (exact) mass is 381 g/mol. The van der Waals surface area contributed by atoms with Gasteiger partial charge in [0.2, 0.25) is 0 Å². The molecule has 0 aromatic rings. The van der Waals surface area contributed by atoms with Gasteiger partial charge in [-0.1, -0.05) is 63.4 Å². The van der Waals surface area contributed by atoms with Crippen LogP contribution < -0.4 is 0 Å². The van der Waals surface area contributed by atoms with E-state index in [9.17, 15) is 0 Å². The number of nitrogens with zero attached hydrogens (tertiary/aromatic N) is 3. The van der Waals surface area contributed by atoms with Crippen LogP contribution in [0.3, 0.4) is 0 Å². The Labute approximate surface area is 167 Å². The summed E-state index contributed by atoms with van der Waals surface area (Å²) in [7, 11) is 0. The molecule has 1 fully saturated rings. The molecule has 0 aliphatic heterocycles. The van der Waals surface area contributed by atoms with Crippen molar-refractivity contribution < 1.29 is 9.47 Å². The van der Waals surface area contributed by atoms with E-state index in [4.69, 9.17) is 15.0 Å². The Kier molecular flexibility index (Phi) is 14.6. The summed E-state index contributed by atoms with van der Waals surface area (Å²) < 4.78 is 11.2. The molecule has 0 aromatic heterocycles. The molecule has 0 radical (unpaired) electrons. The zero-order valence-corrected chi connectivity index (χ0v) is 18.1. The molecule has 0 bridgehead atoms. The molecule has 0 heterocycles. The SMILES string of the molecule is CCCCCCC1CCC(N=[N+]=[N-])C1CCCCCCC(OCC)OCC. The quantitative estimate of drug-likeness (QED) is 0.0865. The van der Waals surface area contributed by atoms with Gasteiger partial charge >= 0.3 is 0 Å². The highest BCUT2D eigenvalue weighted by Gasteiger charge is 2.34. The molecule has 1 rings (SSSR count). The van der Waals surface area contributed by atoms with Crippen LogP contribution in [0.15, 0.2) is 5.11 Å². The van der Waals surface area contributed by atoms with Crippen LogP contribution in [-0.2, 0) is 9.47 Å². The molecule has 0 amide bonds. The molecule has 0 N–H and O–H groups in total. The molecule has 158 valence electrons. The van der Waals surface area contributed by atoms with Crippen LogP contribution in [-0.4, -0.2) is 25.5 Å². The van der Waals surface area contributed by atoms with Crippen LogP contribution in [0.4, 0.5) is 0 Å². The lowest BCUT2D eigenvalue weighted by molar-refractivity contribution is -0.140. The summed E-state index contributed by atoms with van der Waals surface area (Å²) in [6, 6.07) is 0.242. The summed E-state index contributed by atoms with van der Waals surface area (Å²) in [6.07, 6.45) is 16.1. The average Bonchev–Trinajstić information content (AvgIpc) is 3.04. The summed E-state index contributed by atoms with van der Waals surface area (Å²) in [5.41, 5.74) is 8.89. The highest BCUT2D eigenvalue weighted by molar-refractivity contribution is 4.89. The van der Waals surface area contributed by atoms with Crippen LogP contribution in [0, 0.1) is 11.8 Å². The van der Waals surface area contributed by atoms with E-state index < -0.39 is 0 Å². The first-order chi connectivity index (χ1) is 13.3. The first-order valence-electron chi connectivity index (χ1n) is 11.5. The maximum Gasteiger partial charge on any atom is 0.157 e. The Balaban J connectivity index is 2.27. The zero-order valence-electron chi connectivity index (χ0n) is 18.1. The predicted octanol–water partition coefficient (Wildman–Crippen LogP) is 7.40. The van der Waals surface area contributed by atoms with Gasteiger partial charge < -0.3 is 9.47 Å². The van der Waals surface area contributed by atoms with Crippen LogP contribution in [0.5, 0.6) is 0 Å². The van der Waals surface area contributed by atoms with Crippen molar-refractivity contribution in [3.05, 3.63) is 10.4 Å². The highest BCUT2D eigenvalue weighted by atomic mass is 16.7. The Hall–Kier alpha value is -0.770. The molecule has 0 spiro atoms. The van der Waals surface area contributed by atoms with E-state index in [0.29, 0.717) is 19.1 Å². The molecular weight excluding hydrogens is 338 g/mol. The van der Waals surface area contributed by atoms with Crippen molar-refractivity contribution in [3.8, 4) is 0 Å². The molecular formula is C22H43N3O2. The minimum absolute atomic E-state index is 0.0309. The van der Waals surface area contributed by atoms with Gasteiger partial charge in [-0.25, -0.2) is 0 Å². The number of hydrogen-bond donors (Lipinski definition) is 0. The molecule has 5 nitrogen and oxygen atoms in total. The highest BCUT2D eigenvalue weighted by Crippen LogP contribution is 2.40. The third-order valence-electron chi connectivity index (χ3n) is 5.99. The summed E-state index contributed by atoms with van der Waals surface area (Å²) in [5.74, 6) is 1.39. The molecule has 0 saturated heterocycles. The number of unbranched alkanes of at least 4 members (excludes halogenated alkanes) is 6. The molecule has 1 aliphatic rings. The first kappa shape index (κ1) is 24.3. The largest absolute Gasteiger partial charge is 0.353 e. The third kappa shape index (κ3) is 10.4. The van der Waals surface area contributed by atoms with Crippen molar-refractivity contribution in [2.45, 2.75) is 117 Å². The van der Waals surface area contributed by atoms with Crippen molar-refractivity contribution in [3.63, 3.8) is 0 Å². The normalized spacial score (nSPS) is 22.3. The van der Waals surface area contributed by atoms with Crippen LogP contribution in [0.25, 0.3) is 10.4 Å². The van der Waals surface area contributed by atoms with Gasteiger partial charge in [0, 0.05) is 24.2 Å². The minimum atomic E-state index is -0.0309. The van der Waals surface area contributed by atoms with E-state index in [-0.39, 0.29) is 12.3 Å². The number of rotatable bonds is 17. The van der Waals surface area contributed by atoms with Gasteiger partial charge in [-0.2, -0.15) is 0 Å². The lowest BCUT2D eigenvalue weighted by Crippen LogP contribution is -2.18. The van der Waals surface area contributed by atoms with E-state index in [1.807, 2.05) is 13.8 Å². The van der Waals surface area contributed by atoms with Gasteiger partial charge in [-0.05, 0) is 63.3 Å². The molecule has 0 aromatic carbocycles. The predicted molar refractivity (Wildman–Crippen MR) is 113 cm³/mol. The third-order valence-corrected chi connectivity index (χ3v) is 5.99.